The van der Waals surface area contributed by atoms with Crippen molar-refractivity contribution < 1.29 is 14.4 Å². The van der Waals surface area contributed by atoms with Crippen molar-refractivity contribution in [3.8, 4) is 0 Å². The van der Waals surface area contributed by atoms with Crippen molar-refractivity contribution in [2.75, 3.05) is 0 Å². The lowest BCUT2D eigenvalue weighted by Crippen LogP contribution is -2.14. The predicted octanol–water partition coefficient (Wildman–Crippen LogP) is 5.91. The Hall–Kier alpha value is -2.90. The summed E-state index contributed by atoms with van der Waals surface area (Å²) in [5.74, 6) is 0. The number of hydrogen-bond donors (Lipinski definition) is 0. The van der Waals surface area contributed by atoms with Gasteiger partial charge < -0.3 is 0 Å². The molecular weight excluding hydrogens is 367 g/mol. The van der Waals surface area contributed by atoms with E-state index in [0.29, 0.717) is 16.7 Å². The van der Waals surface area contributed by atoms with Gasteiger partial charge in [0.1, 0.15) is 7.92 Å². The molecule has 3 aromatic carbocycles. The van der Waals surface area contributed by atoms with Crippen LogP contribution in [-0.4, -0.2) is 16.6 Å². The average Bonchev–Trinajstić information content (AvgIpc) is 2.69. The normalized spacial score (nSPS) is 10.7. The Balaban J connectivity index is 2.04. The Labute approximate surface area is 166 Å². The Kier molecular flexibility index (Phi) is 5.96. The van der Waals surface area contributed by atoms with E-state index in [1.807, 2.05) is 57.2 Å². The summed E-state index contributed by atoms with van der Waals surface area (Å²) in [5, 5.41) is 0. The zero-order chi connectivity index (χ0) is 20.3. The molecule has 0 aliphatic heterocycles. The Morgan fingerprint density at radius 3 is 0.893 bits per heavy atom. The van der Waals surface area contributed by atoms with E-state index in [1.54, 1.807) is 36.4 Å². The third-order valence-electron chi connectivity index (χ3n) is 4.50. The molecule has 3 nitrogen and oxygen atoms in total. The molecule has 0 aliphatic carbocycles. The number of benzene rings is 3. The summed E-state index contributed by atoms with van der Waals surface area (Å²) < 4.78 is 0. The summed E-state index contributed by atoms with van der Waals surface area (Å²) >= 11 is 0. The Bertz CT molecular complexity index is 880. The molecule has 4 heteroatoms. The molecule has 0 unspecified atom stereocenters. The van der Waals surface area contributed by atoms with Gasteiger partial charge in [-0.05, 0) is 20.8 Å². The maximum Gasteiger partial charge on any atom is 0.200 e. The van der Waals surface area contributed by atoms with Crippen LogP contribution < -0.4 is 0 Å². The largest absolute Gasteiger partial charge is 0.288 e. The summed E-state index contributed by atoms with van der Waals surface area (Å²) in [6.45, 7) is 5.77. The smallest absolute Gasteiger partial charge is 0.200 e. The van der Waals surface area contributed by atoms with Gasteiger partial charge in [0.05, 0.1) is 0 Å². The fraction of sp³-hybridized carbons (Fsp3) is 0.125. The molecular formula is C24H21O3P. The van der Waals surface area contributed by atoms with Crippen LogP contribution in [0.25, 0.3) is 0 Å². The van der Waals surface area contributed by atoms with E-state index in [-0.39, 0.29) is 0 Å². The van der Waals surface area contributed by atoms with Gasteiger partial charge in [-0.3, -0.25) is 14.4 Å². The zero-order valence-electron chi connectivity index (χ0n) is 16.1. The van der Waals surface area contributed by atoms with Crippen LogP contribution in [0.5, 0.6) is 0 Å². The topological polar surface area (TPSA) is 51.2 Å². The highest BCUT2D eigenvalue weighted by Gasteiger charge is 2.35. The third-order valence-corrected chi connectivity index (χ3v) is 6.50. The van der Waals surface area contributed by atoms with Crippen LogP contribution in [0, 0.1) is 20.8 Å². The van der Waals surface area contributed by atoms with Gasteiger partial charge in [-0.2, -0.15) is 0 Å². The van der Waals surface area contributed by atoms with Crippen molar-refractivity contribution in [3.63, 3.8) is 0 Å². The van der Waals surface area contributed by atoms with Crippen LogP contribution in [0.4, 0.5) is 0 Å². The third kappa shape index (κ3) is 4.32. The summed E-state index contributed by atoms with van der Waals surface area (Å²) in [4.78, 5) is 39.6. The number of carbonyl (C=O) groups excluding carboxylic acids is 3. The van der Waals surface area contributed by atoms with Crippen molar-refractivity contribution in [1.82, 2.24) is 0 Å². The number of hydrogen-bond acceptors (Lipinski definition) is 3. The maximum absolute atomic E-state index is 13.2. The molecule has 0 spiro atoms. The molecule has 0 saturated heterocycles. The van der Waals surface area contributed by atoms with Crippen LogP contribution in [0.2, 0.25) is 0 Å². The van der Waals surface area contributed by atoms with Gasteiger partial charge in [-0.25, -0.2) is 0 Å². The van der Waals surface area contributed by atoms with E-state index in [9.17, 15) is 14.4 Å². The van der Waals surface area contributed by atoms with Gasteiger partial charge in [0, 0.05) is 16.7 Å². The highest BCUT2D eigenvalue weighted by atomic mass is 31.1. The molecule has 0 aliphatic rings. The van der Waals surface area contributed by atoms with Crippen molar-refractivity contribution in [2.45, 2.75) is 20.8 Å². The summed E-state index contributed by atoms with van der Waals surface area (Å²) in [6.07, 6.45) is 0. The fourth-order valence-electron chi connectivity index (χ4n) is 2.75. The number of carbonyl (C=O) groups is 3. The highest BCUT2D eigenvalue weighted by Crippen LogP contribution is 2.46. The Morgan fingerprint density at radius 2 is 0.679 bits per heavy atom. The van der Waals surface area contributed by atoms with Gasteiger partial charge >= 0.3 is 0 Å². The summed E-state index contributed by atoms with van der Waals surface area (Å²) in [5.41, 5.74) is 2.96. The van der Waals surface area contributed by atoms with Crippen LogP contribution in [0.1, 0.15) is 47.8 Å². The van der Waals surface area contributed by atoms with Gasteiger partial charge in [0.25, 0.3) is 0 Å². The highest BCUT2D eigenvalue weighted by molar-refractivity contribution is 8.03. The van der Waals surface area contributed by atoms with Crippen LogP contribution in [0.15, 0.2) is 72.8 Å². The maximum atomic E-state index is 13.2. The lowest BCUT2D eigenvalue weighted by Gasteiger charge is -2.15. The minimum absolute atomic E-state index is 0.387. The van der Waals surface area contributed by atoms with Crippen molar-refractivity contribution >= 4 is 24.5 Å². The summed E-state index contributed by atoms with van der Waals surface area (Å²) in [7, 11) is -2.22. The molecule has 0 radical (unpaired) electrons. The summed E-state index contributed by atoms with van der Waals surface area (Å²) in [6, 6.07) is 20.9. The first-order chi connectivity index (χ1) is 13.4. The van der Waals surface area contributed by atoms with Gasteiger partial charge in [0.15, 0.2) is 16.6 Å². The minimum Gasteiger partial charge on any atom is -0.288 e. The zero-order valence-corrected chi connectivity index (χ0v) is 17.0. The molecule has 0 N–H and O–H groups in total. The first kappa shape index (κ1) is 19.9. The molecule has 0 amide bonds. The molecule has 0 saturated carbocycles. The molecule has 0 aromatic heterocycles. The van der Waals surface area contributed by atoms with Gasteiger partial charge in [-0.15, -0.1) is 0 Å². The molecule has 3 aromatic rings. The lowest BCUT2D eigenvalue weighted by atomic mass is 10.2. The Morgan fingerprint density at radius 1 is 0.464 bits per heavy atom. The van der Waals surface area contributed by atoms with Crippen LogP contribution >= 0.6 is 7.92 Å². The van der Waals surface area contributed by atoms with Crippen molar-refractivity contribution in [2.24, 2.45) is 0 Å². The van der Waals surface area contributed by atoms with E-state index < -0.39 is 24.5 Å². The number of rotatable bonds is 6. The molecule has 0 atom stereocenters. The van der Waals surface area contributed by atoms with Crippen LogP contribution in [0.3, 0.4) is 0 Å². The standard InChI is InChI=1S/C24H21O3P/c1-16-4-10-19(11-5-16)22(25)28(23(26)20-12-6-17(2)7-13-20)24(27)21-14-8-18(3)9-15-21/h4-15H,1-3H3. The lowest BCUT2D eigenvalue weighted by molar-refractivity contribution is 0.102. The van der Waals surface area contributed by atoms with E-state index >= 15 is 0 Å². The van der Waals surface area contributed by atoms with E-state index in [4.69, 9.17) is 0 Å². The predicted molar refractivity (Wildman–Crippen MR) is 113 cm³/mol. The quantitative estimate of drug-likeness (QED) is 0.493. The second-order valence-corrected chi connectivity index (χ2v) is 8.74. The van der Waals surface area contributed by atoms with Crippen molar-refractivity contribution in [1.29, 1.82) is 0 Å². The SMILES string of the molecule is Cc1ccc(C(=O)P(C(=O)c2ccc(C)cc2)C(=O)c2ccc(C)cc2)cc1. The van der Waals surface area contributed by atoms with E-state index in [2.05, 4.69) is 0 Å². The van der Waals surface area contributed by atoms with E-state index in [0.717, 1.165) is 16.7 Å². The molecule has 0 heterocycles. The molecule has 0 fully saturated rings. The minimum atomic E-state index is -2.22. The number of aryl methyl sites for hydroxylation is 3. The second kappa shape index (κ2) is 8.41. The van der Waals surface area contributed by atoms with Crippen molar-refractivity contribution in [3.05, 3.63) is 106 Å². The average molecular weight is 388 g/mol. The first-order valence-electron chi connectivity index (χ1n) is 9.00. The molecule has 140 valence electrons. The van der Waals surface area contributed by atoms with Gasteiger partial charge in [0.2, 0.25) is 0 Å². The van der Waals surface area contributed by atoms with Gasteiger partial charge in [-0.1, -0.05) is 89.5 Å². The first-order valence-corrected chi connectivity index (χ1v) is 10.3. The second-order valence-electron chi connectivity index (χ2n) is 6.85. The molecule has 28 heavy (non-hydrogen) atoms. The molecule has 3 rings (SSSR count). The molecule has 0 bridgehead atoms. The van der Waals surface area contributed by atoms with E-state index in [1.165, 1.54) is 0 Å². The monoisotopic (exact) mass is 388 g/mol. The van der Waals surface area contributed by atoms with Crippen LogP contribution in [-0.2, 0) is 0 Å². The fourth-order valence-corrected chi connectivity index (χ4v) is 4.53.